The third kappa shape index (κ3) is 7.54. The average molecular weight is 645 g/mol. The molecule has 0 bridgehead atoms. The second-order valence-corrected chi connectivity index (χ2v) is 12.2. The molecule has 10 nitrogen and oxygen atoms in total. The number of benzene rings is 3. The fourth-order valence-electron chi connectivity index (χ4n) is 5.15. The molecule has 0 saturated carbocycles. The van der Waals surface area contributed by atoms with Gasteiger partial charge in [-0.25, -0.2) is 9.78 Å². The predicted molar refractivity (Wildman–Crippen MR) is 178 cm³/mol. The van der Waals surface area contributed by atoms with Gasteiger partial charge in [0.05, 0.1) is 47.6 Å². The first-order valence-electron chi connectivity index (χ1n) is 14.7. The third-order valence-electron chi connectivity index (χ3n) is 7.57. The van der Waals surface area contributed by atoms with E-state index in [2.05, 4.69) is 20.9 Å². The van der Waals surface area contributed by atoms with Gasteiger partial charge in [0.1, 0.15) is 22.4 Å². The number of nitrogens with one attached hydrogen (secondary N) is 1. The van der Waals surface area contributed by atoms with E-state index in [1.165, 1.54) is 23.9 Å². The minimum atomic E-state index is -0.987. The van der Waals surface area contributed by atoms with E-state index in [9.17, 15) is 9.59 Å². The molecule has 2 N–H and O–H groups in total. The van der Waals surface area contributed by atoms with Gasteiger partial charge < -0.3 is 24.3 Å². The number of morpholine rings is 1. The van der Waals surface area contributed by atoms with Crippen molar-refractivity contribution in [3.8, 4) is 22.6 Å². The van der Waals surface area contributed by atoms with Crippen molar-refractivity contribution in [3.63, 3.8) is 0 Å². The van der Waals surface area contributed by atoms with Crippen LogP contribution in [-0.2, 0) is 9.53 Å². The van der Waals surface area contributed by atoms with Gasteiger partial charge in [-0.2, -0.15) is 0 Å². The van der Waals surface area contributed by atoms with Crippen LogP contribution in [0.3, 0.4) is 0 Å². The van der Waals surface area contributed by atoms with Crippen LogP contribution in [0.15, 0.2) is 71.9 Å². The molecular formula is C33H32N4O6S2. The molecule has 2 aliphatic heterocycles. The van der Waals surface area contributed by atoms with E-state index >= 15 is 0 Å². The van der Waals surface area contributed by atoms with E-state index in [1.54, 1.807) is 23.4 Å². The summed E-state index contributed by atoms with van der Waals surface area (Å²) in [5.74, 6) is 0.215. The Kier molecular flexibility index (Phi) is 9.75. The van der Waals surface area contributed by atoms with Gasteiger partial charge in [0.25, 0.3) is 5.91 Å². The fourth-order valence-corrected chi connectivity index (χ4v) is 6.46. The van der Waals surface area contributed by atoms with Crippen LogP contribution >= 0.6 is 24.0 Å². The van der Waals surface area contributed by atoms with Gasteiger partial charge in [-0.15, -0.1) is 0 Å². The molecule has 1 amide bonds. The van der Waals surface area contributed by atoms with E-state index in [1.807, 2.05) is 36.4 Å². The van der Waals surface area contributed by atoms with E-state index in [0.29, 0.717) is 41.2 Å². The molecule has 1 aromatic heterocycles. The van der Waals surface area contributed by atoms with Crippen LogP contribution in [0.5, 0.6) is 11.5 Å². The van der Waals surface area contributed by atoms with Crippen molar-refractivity contribution < 1.29 is 28.9 Å². The molecule has 2 fully saturated rings. The number of hydrogen-bond acceptors (Lipinski definition) is 9. The number of aromatic carboxylic acids is 1. The number of hydrogen-bond donors (Lipinski definition) is 2. The van der Waals surface area contributed by atoms with Crippen LogP contribution in [0, 0.1) is 0 Å². The fraction of sp³-hybridized carbons (Fsp3) is 0.273. The number of amides is 1. The number of rotatable bonds is 12. The van der Waals surface area contributed by atoms with Crippen LogP contribution in [0.4, 0.5) is 0 Å². The Balaban J connectivity index is 1.13. The maximum Gasteiger partial charge on any atom is 0.335 e. The van der Waals surface area contributed by atoms with Crippen LogP contribution < -0.4 is 9.47 Å². The number of carboxylic acid groups (broad SMARTS) is 1. The summed E-state index contributed by atoms with van der Waals surface area (Å²) in [6.45, 7) is 5.44. The summed E-state index contributed by atoms with van der Waals surface area (Å²) in [6, 6.07) is 18.2. The summed E-state index contributed by atoms with van der Waals surface area (Å²) in [7, 11) is 0. The van der Waals surface area contributed by atoms with Crippen molar-refractivity contribution in [2.24, 2.45) is 0 Å². The molecule has 232 valence electrons. The minimum absolute atomic E-state index is 0.137. The number of H-pyrrole nitrogens is 1. The van der Waals surface area contributed by atoms with Crippen molar-refractivity contribution in [3.05, 3.63) is 83.0 Å². The molecule has 12 heteroatoms. The number of carbonyl (C=O) groups is 2. The topological polar surface area (TPSA) is 117 Å². The Hall–Kier alpha value is -4.23. The summed E-state index contributed by atoms with van der Waals surface area (Å²) in [5.41, 5.74) is 4.78. The maximum absolute atomic E-state index is 13.3. The van der Waals surface area contributed by atoms with Gasteiger partial charge in [-0.05, 0) is 72.2 Å². The first-order chi connectivity index (χ1) is 21.9. The Bertz CT molecular complexity index is 1730. The summed E-state index contributed by atoms with van der Waals surface area (Å²) in [5, 5.41) is 9.04. The van der Waals surface area contributed by atoms with Gasteiger partial charge in [-0.1, -0.05) is 36.1 Å². The van der Waals surface area contributed by atoms with Crippen molar-refractivity contribution >= 4 is 57.3 Å². The average Bonchev–Trinajstić information content (AvgIpc) is 3.63. The molecule has 2 saturated heterocycles. The molecule has 2 aliphatic rings. The van der Waals surface area contributed by atoms with Gasteiger partial charge in [0.15, 0.2) is 0 Å². The van der Waals surface area contributed by atoms with Crippen molar-refractivity contribution in [1.82, 2.24) is 19.8 Å². The highest BCUT2D eigenvalue weighted by Gasteiger charge is 2.31. The SMILES string of the molecule is O=C(O)c1ccc(OCCCN2C(=O)C(=Cc3ccc(OCCN4CCOCC4)c(-c4ccc5nc[nH]c5c4)c3)SC2=S)cc1. The smallest absolute Gasteiger partial charge is 0.335 e. The van der Waals surface area contributed by atoms with Gasteiger partial charge in [-0.3, -0.25) is 14.6 Å². The Morgan fingerprint density at radius 2 is 1.87 bits per heavy atom. The molecule has 3 heterocycles. The number of nitrogens with zero attached hydrogens (tertiary/aromatic N) is 3. The highest BCUT2D eigenvalue weighted by Crippen LogP contribution is 2.36. The molecule has 4 aromatic rings. The molecule has 3 aromatic carbocycles. The number of ether oxygens (including phenoxy) is 3. The summed E-state index contributed by atoms with van der Waals surface area (Å²) < 4.78 is 18.0. The number of fused-ring (bicyclic) bond motifs is 1. The Morgan fingerprint density at radius 1 is 1.04 bits per heavy atom. The zero-order valence-electron chi connectivity index (χ0n) is 24.4. The monoisotopic (exact) mass is 644 g/mol. The summed E-state index contributed by atoms with van der Waals surface area (Å²) in [6.07, 6.45) is 4.12. The van der Waals surface area contributed by atoms with Gasteiger partial charge in [0, 0.05) is 31.7 Å². The zero-order valence-corrected chi connectivity index (χ0v) is 26.1. The van der Waals surface area contributed by atoms with Gasteiger partial charge in [0.2, 0.25) is 0 Å². The summed E-state index contributed by atoms with van der Waals surface area (Å²) in [4.78, 5) is 36.4. The lowest BCUT2D eigenvalue weighted by Crippen LogP contribution is -2.38. The molecule has 45 heavy (non-hydrogen) atoms. The second kappa shape index (κ2) is 14.2. The number of imidazole rings is 1. The number of aromatic amines is 1. The van der Waals surface area contributed by atoms with E-state index < -0.39 is 5.97 Å². The van der Waals surface area contributed by atoms with Crippen LogP contribution in [0.25, 0.3) is 28.2 Å². The van der Waals surface area contributed by atoms with Crippen molar-refractivity contribution in [2.75, 3.05) is 52.6 Å². The quantitative estimate of drug-likeness (QED) is 0.119. The normalized spacial score (nSPS) is 16.5. The largest absolute Gasteiger partial charge is 0.494 e. The number of aromatic nitrogens is 2. The molecule has 0 radical (unpaired) electrons. The Labute approximate surface area is 270 Å². The number of thioether (sulfide) groups is 1. The predicted octanol–water partition coefficient (Wildman–Crippen LogP) is 5.31. The number of thiocarbonyl (C=S) groups is 1. The molecule has 0 aliphatic carbocycles. The van der Waals surface area contributed by atoms with E-state index in [4.69, 9.17) is 31.5 Å². The zero-order chi connectivity index (χ0) is 31.2. The second-order valence-electron chi connectivity index (χ2n) is 10.6. The lowest BCUT2D eigenvalue weighted by Gasteiger charge is -2.26. The van der Waals surface area contributed by atoms with E-state index in [0.717, 1.165) is 66.3 Å². The van der Waals surface area contributed by atoms with Gasteiger partial charge >= 0.3 is 5.97 Å². The first-order valence-corrected chi connectivity index (χ1v) is 15.9. The van der Waals surface area contributed by atoms with E-state index in [-0.39, 0.29) is 11.5 Å². The molecule has 0 spiro atoms. The van der Waals surface area contributed by atoms with Crippen molar-refractivity contribution in [1.29, 1.82) is 0 Å². The third-order valence-corrected chi connectivity index (χ3v) is 8.95. The van der Waals surface area contributed by atoms with Crippen LogP contribution in [-0.4, -0.2) is 93.7 Å². The van der Waals surface area contributed by atoms with Crippen molar-refractivity contribution in [2.45, 2.75) is 6.42 Å². The molecule has 0 unspecified atom stereocenters. The first kappa shape index (κ1) is 30.8. The minimum Gasteiger partial charge on any atom is -0.494 e. The standard InChI is InChI=1S/C33H32N4O6S2/c38-31-30(45-33(44)37(31)10-1-14-42-25-6-3-23(4-7-25)32(39)40)19-22-2-9-29(43-17-13-36-11-15-41-16-12-36)26(18-22)24-5-8-27-28(20-24)35-21-34-27/h2-9,18-21H,1,10-17H2,(H,34,35)(H,39,40). The summed E-state index contributed by atoms with van der Waals surface area (Å²) >= 11 is 6.83. The highest BCUT2D eigenvalue weighted by atomic mass is 32.2. The highest BCUT2D eigenvalue weighted by molar-refractivity contribution is 8.26. The molecular weight excluding hydrogens is 613 g/mol. The van der Waals surface area contributed by atoms with Crippen LogP contribution in [0.2, 0.25) is 0 Å². The maximum atomic E-state index is 13.3. The number of carbonyl (C=O) groups excluding carboxylic acids is 1. The molecule has 6 rings (SSSR count). The Morgan fingerprint density at radius 3 is 2.67 bits per heavy atom. The number of carboxylic acids is 1. The lowest BCUT2D eigenvalue weighted by molar-refractivity contribution is -0.122. The lowest BCUT2D eigenvalue weighted by atomic mass is 10.0. The molecule has 0 atom stereocenters. The van der Waals surface area contributed by atoms with Crippen LogP contribution in [0.1, 0.15) is 22.3 Å².